The monoisotopic (exact) mass is 255 g/mol. The zero-order valence-corrected chi connectivity index (χ0v) is 11.3. The number of allylic oxidation sites excluding steroid dienone is 1. The largest absolute Gasteiger partial charge is 0.491 e. The summed E-state index contributed by atoms with van der Waals surface area (Å²) in [7, 11) is 0. The number of nitrogens with zero attached hydrogens (tertiary/aromatic N) is 1. The van der Waals surface area contributed by atoms with Gasteiger partial charge in [0.05, 0.1) is 6.07 Å². The molecule has 2 nitrogen and oxygen atoms in total. The molecule has 4 rings (SSSR count). The minimum absolute atomic E-state index is 0.355. The van der Waals surface area contributed by atoms with E-state index in [1.165, 1.54) is 19.3 Å². The van der Waals surface area contributed by atoms with Crippen molar-refractivity contribution in [3.05, 3.63) is 25.0 Å². The molecular weight excluding hydrogens is 234 g/mol. The van der Waals surface area contributed by atoms with Crippen LogP contribution in [-0.2, 0) is 4.74 Å². The van der Waals surface area contributed by atoms with Gasteiger partial charge in [-0.25, -0.2) is 0 Å². The van der Waals surface area contributed by atoms with Gasteiger partial charge in [0, 0.05) is 5.92 Å². The van der Waals surface area contributed by atoms with E-state index in [1.54, 1.807) is 6.08 Å². The maximum absolute atomic E-state index is 9.28. The van der Waals surface area contributed by atoms with Crippen LogP contribution in [0.4, 0.5) is 0 Å². The smallest absolute Gasteiger partial charge is 0.111 e. The normalized spacial score (nSPS) is 52.8. The van der Waals surface area contributed by atoms with Gasteiger partial charge >= 0.3 is 0 Å². The van der Waals surface area contributed by atoms with Crippen molar-refractivity contribution in [3.8, 4) is 6.07 Å². The summed E-state index contributed by atoms with van der Waals surface area (Å²) in [6, 6.07) is 2.56. The van der Waals surface area contributed by atoms with Gasteiger partial charge in [-0.15, -0.1) is 0 Å². The third-order valence-electron chi connectivity index (χ3n) is 6.45. The van der Waals surface area contributed by atoms with Crippen molar-refractivity contribution in [1.82, 2.24) is 0 Å². The first-order chi connectivity index (χ1) is 9.22. The highest BCUT2D eigenvalue weighted by atomic mass is 16.5. The molecule has 4 fully saturated rings. The first-order valence-corrected chi connectivity index (χ1v) is 7.60. The third-order valence-corrected chi connectivity index (χ3v) is 6.45. The Labute approximate surface area is 115 Å². The second-order valence-electron chi connectivity index (χ2n) is 7.01. The van der Waals surface area contributed by atoms with Gasteiger partial charge in [0.2, 0.25) is 0 Å². The van der Waals surface area contributed by atoms with Crippen LogP contribution in [0.3, 0.4) is 0 Å². The summed E-state index contributed by atoms with van der Waals surface area (Å²) in [6.45, 7) is 7.63. The molecule has 100 valence electrons. The van der Waals surface area contributed by atoms with Gasteiger partial charge in [-0.1, -0.05) is 13.2 Å². The molecule has 0 spiro atoms. The molecular formula is C17H21NO. The van der Waals surface area contributed by atoms with Crippen LogP contribution in [-0.4, -0.2) is 6.10 Å². The molecule has 4 aliphatic rings. The van der Waals surface area contributed by atoms with E-state index in [4.69, 9.17) is 4.74 Å². The molecule has 0 heterocycles. The average molecular weight is 255 g/mol. The number of rotatable bonds is 3. The van der Waals surface area contributed by atoms with E-state index in [9.17, 15) is 5.26 Å². The molecule has 0 aliphatic heterocycles. The number of fused-ring (bicyclic) bond motifs is 9. The minimum Gasteiger partial charge on any atom is -0.491 e. The number of nitriles is 1. The first kappa shape index (κ1) is 11.6. The molecule has 0 aromatic rings. The Morgan fingerprint density at radius 3 is 2.53 bits per heavy atom. The Morgan fingerprint density at radius 1 is 1.11 bits per heavy atom. The van der Waals surface area contributed by atoms with Crippen molar-refractivity contribution < 1.29 is 4.74 Å². The summed E-state index contributed by atoms with van der Waals surface area (Å²) in [5.41, 5.74) is 0. The topological polar surface area (TPSA) is 33.0 Å². The maximum Gasteiger partial charge on any atom is 0.111 e. The third kappa shape index (κ3) is 1.42. The van der Waals surface area contributed by atoms with E-state index in [0.29, 0.717) is 17.9 Å². The van der Waals surface area contributed by atoms with Gasteiger partial charge in [-0.05, 0) is 67.3 Å². The first-order valence-electron chi connectivity index (χ1n) is 7.60. The molecule has 8 atom stereocenters. The summed E-state index contributed by atoms with van der Waals surface area (Å²) in [4.78, 5) is 0. The van der Waals surface area contributed by atoms with Crippen molar-refractivity contribution in [3.63, 3.8) is 0 Å². The van der Waals surface area contributed by atoms with Crippen LogP contribution in [0.15, 0.2) is 25.0 Å². The standard InChI is InChI=1S/C17H21NO/c1-3-9(2)19-15-7-11-6-14(15)17-10-4-12(8-18)13(5-10)16(11)17/h3,10-17H,1-2,4-7H2. The van der Waals surface area contributed by atoms with E-state index in [-0.39, 0.29) is 0 Å². The van der Waals surface area contributed by atoms with E-state index >= 15 is 0 Å². The number of hydrogen-bond donors (Lipinski definition) is 0. The van der Waals surface area contributed by atoms with Gasteiger partial charge in [0.25, 0.3) is 0 Å². The van der Waals surface area contributed by atoms with Crippen molar-refractivity contribution in [2.75, 3.05) is 0 Å². The van der Waals surface area contributed by atoms with Crippen molar-refractivity contribution in [2.45, 2.75) is 31.8 Å². The zero-order chi connectivity index (χ0) is 13.1. The molecule has 4 saturated carbocycles. The Hall–Kier alpha value is -1.23. The van der Waals surface area contributed by atoms with E-state index in [1.807, 2.05) is 0 Å². The molecule has 0 aromatic carbocycles. The van der Waals surface area contributed by atoms with E-state index in [0.717, 1.165) is 41.8 Å². The Balaban J connectivity index is 1.54. The summed E-state index contributed by atoms with van der Waals surface area (Å²) in [6.07, 6.45) is 7.07. The van der Waals surface area contributed by atoms with E-state index in [2.05, 4.69) is 19.2 Å². The van der Waals surface area contributed by atoms with Crippen molar-refractivity contribution in [1.29, 1.82) is 5.26 Å². The second kappa shape index (κ2) is 3.88. The van der Waals surface area contributed by atoms with E-state index < -0.39 is 0 Å². The molecule has 0 radical (unpaired) electrons. The summed E-state index contributed by atoms with van der Waals surface area (Å²) >= 11 is 0. The SMILES string of the molecule is C=CC(=C)OC1CC2CC1C1C3CC(C#N)C(C3)C21. The highest BCUT2D eigenvalue weighted by Gasteiger charge is 2.65. The molecule has 8 unspecified atom stereocenters. The second-order valence-corrected chi connectivity index (χ2v) is 7.01. The summed E-state index contributed by atoms with van der Waals surface area (Å²) in [5.74, 6) is 5.81. The van der Waals surface area contributed by atoms with Crippen LogP contribution < -0.4 is 0 Å². The fourth-order valence-corrected chi connectivity index (χ4v) is 6.07. The average Bonchev–Trinajstić information content (AvgIpc) is 3.14. The van der Waals surface area contributed by atoms with Gasteiger partial charge in [-0.3, -0.25) is 0 Å². The van der Waals surface area contributed by atoms with Gasteiger partial charge in [0.1, 0.15) is 11.9 Å². The Morgan fingerprint density at radius 2 is 1.79 bits per heavy atom. The lowest BCUT2D eigenvalue weighted by Gasteiger charge is -2.40. The van der Waals surface area contributed by atoms with Crippen LogP contribution in [0.5, 0.6) is 0 Å². The Bertz CT molecular complexity index is 476. The maximum atomic E-state index is 9.28. The molecule has 0 amide bonds. The fourth-order valence-electron chi connectivity index (χ4n) is 6.07. The number of hydrogen-bond acceptors (Lipinski definition) is 2. The molecule has 4 bridgehead atoms. The quantitative estimate of drug-likeness (QED) is 0.439. The predicted octanol–water partition coefficient (Wildman–Crippen LogP) is 3.52. The fraction of sp³-hybridized carbons (Fsp3) is 0.706. The molecule has 0 aromatic heterocycles. The zero-order valence-electron chi connectivity index (χ0n) is 11.3. The number of ether oxygens (including phenoxy) is 1. The van der Waals surface area contributed by atoms with Crippen LogP contribution in [0.1, 0.15) is 25.7 Å². The lowest BCUT2D eigenvalue weighted by Crippen LogP contribution is -2.38. The lowest BCUT2D eigenvalue weighted by molar-refractivity contribution is 0.00468. The van der Waals surface area contributed by atoms with Crippen LogP contribution in [0.2, 0.25) is 0 Å². The molecule has 0 N–H and O–H groups in total. The highest BCUT2D eigenvalue weighted by molar-refractivity contribution is 5.17. The molecule has 19 heavy (non-hydrogen) atoms. The van der Waals surface area contributed by atoms with Crippen LogP contribution >= 0.6 is 0 Å². The predicted molar refractivity (Wildman–Crippen MR) is 72.7 cm³/mol. The van der Waals surface area contributed by atoms with Gasteiger partial charge in [-0.2, -0.15) is 5.26 Å². The van der Waals surface area contributed by atoms with Gasteiger partial charge in [0.15, 0.2) is 0 Å². The minimum atomic E-state index is 0.355. The van der Waals surface area contributed by atoms with Crippen LogP contribution in [0, 0.1) is 52.8 Å². The van der Waals surface area contributed by atoms with Crippen molar-refractivity contribution >= 4 is 0 Å². The summed E-state index contributed by atoms with van der Waals surface area (Å²) in [5, 5.41) is 9.28. The summed E-state index contributed by atoms with van der Waals surface area (Å²) < 4.78 is 5.99. The Kier molecular flexibility index (Phi) is 2.37. The van der Waals surface area contributed by atoms with Crippen LogP contribution in [0.25, 0.3) is 0 Å². The van der Waals surface area contributed by atoms with Crippen molar-refractivity contribution in [2.24, 2.45) is 41.4 Å². The molecule has 2 heteroatoms. The molecule has 0 saturated heterocycles. The highest BCUT2D eigenvalue weighted by Crippen LogP contribution is 2.69. The lowest BCUT2D eigenvalue weighted by atomic mass is 9.67. The molecule has 4 aliphatic carbocycles. The van der Waals surface area contributed by atoms with Gasteiger partial charge < -0.3 is 4.74 Å².